The Kier molecular flexibility index (Phi) is 7.90. The van der Waals surface area contributed by atoms with E-state index in [0.717, 1.165) is 16.7 Å². The number of carbonyl (C=O) groups is 1. The third-order valence-corrected chi connectivity index (χ3v) is 8.84. The van der Waals surface area contributed by atoms with Crippen molar-refractivity contribution < 1.29 is 17.9 Å². The zero-order valence-corrected chi connectivity index (χ0v) is 23.4. The maximum absolute atomic E-state index is 14.0. The molecule has 4 aromatic carbocycles. The summed E-state index contributed by atoms with van der Waals surface area (Å²) in [5.74, 6) is 0.0422. The number of aryl methyl sites for hydroxylation is 1. The highest BCUT2D eigenvalue weighted by Gasteiger charge is 2.29. The van der Waals surface area contributed by atoms with Crippen molar-refractivity contribution >= 4 is 38.1 Å². The molecule has 8 nitrogen and oxygen atoms in total. The first-order chi connectivity index (χ1) is 19.3. The number of hydrogen-bond donors (Lipinski definition) is 1. The van der Waals surface area contributed by atoms with Crippen molar-refractivity contribution in [1.82, 2.24) is 10.2 Å². The number of rotatable bonds is 9. The van der Waals surface area contributed by atoms with E-state index in [0.29, 0.717) is 15.9 Å². The van der Waals surface area contributed by atoms with Crippen molar-refractivity contribution in [2.24, 2.45) is 0 Å². The molecule has 1 N–H and O–H groups in total. The number of ether oxygens (including phenoxy) is 1. The molecule has 5 aromatic rings. The number of hydrogen-bond acceptors (Lipinski definition) is 7. The van der Waals surface area contributed by atoms with E-state index in [1.807, 2.05) is 61.5 Å². The van der Waals surface area contributed by atoms with Gasteiger partial charge in [-0.2, -0.15) is 0 Å². The van der Waals surface area contributed by atoms with Crippen molar-refractivity contribution in [2.45, 2.75) is 18.4 Å². The van der Waals surface area contributed by atoms with Crippen LogP contribution in [0.2, 0.25) is 0 Å². The van der Waals surface area contributed by atoms with Crippen LogP contribution in [0.5, 0.6) is 5.75 Å². The minimum Gasteiger partial charge on any atom is -0.497 e. The van der Waals surface area contributed by atoms with Gasteiger partial charge in [0.15, 0.2) is 0 Å². The van der Waals surface area contributed by atoms with Crippen LogP contribution in [0.15, 0.2) is 108 Å². The fourth-order valence-corrected chi connectivity index (χ4v) is 6.27. The van der Waals surface area contributed by atoms with E-state index in [1.165, 1.54) is 34.9 Å². The van der Waals surface area contributed by atoms with Crippen molar-refractivity contribution in [3.63, 3.8) is 0 Å². The summed E-state index contributed by atoms with van der Waals surface area (Å²) >= 11 is 1.24. The second-order valence-electron chi connectivity index (χ2n) is 8.92. The van der Waals surface area contributed by atoms with Crippen molar-refractivity contribution in [3.8, 4) is 16.3 Å². The second-order valence-corrected chi connectivity index (χ2v) is 11.8. The van der Waals surface area contributed by atoms with Crippen LogP contribution in [-0.2, 0) is 16.6 Å². The lowest BCUT2D eigenvalue weighted by molar-refractivity contribution is 0.102. The van der Waals surface area contributed by atoms with E-state index >= 15 is 0 Å². The predicted molar refractivity (Wildman–Crippen MR) is 157 cm³/mol. The lowest BCUT2D eigenvalue weighted by atomic mass is 10.1. The van der Waals surface area contributed by atoms with Crippen LogP contribution in [0, 0.1) is 6.92 Å². The molecule has 0 spiro atoms. The van der Waals surface area contributed by atoms with Gasteiger partial charge in [-0.05, 0) is 48.9 Å². The highest BCUT2D eigenvalue weighted by molar-refractivity contribution is 7.92. The number of benzene rings is 4. The molecule has 1 heterocycles. The number of nitrogens with zero attached hydrogens (tertiary/aromatic N) is 3. The fourth-order valence-electron chi connectivity index (χ4n) is 4.06. The smallest absolute Gasteiger partial charge is 0.264 e. The third kappa shape index (κ3) is 5.88. The van der Waals surface area contributed by atoms with E-state index in [1.54, 1.807) is 36.4 Å². The Bertz CT molecular complexity index is 1720. The molecule has 1 aromatic heterocycles. The Balaban J connectivity index is 1.50. The van der Waals surface area contributed by atoms with Crippen LogP contribution in [-0.4, -0.2) is 31.6 Å². The molecule has 0 saturated carbocycles. The first-order valence-corrected chi connectivity index (χ1v) is 14.6. The van der Waals surface area contributed by atoms with Gasteiger partial charge in [-0.3, -0.25) is 14.4 Å². The largest absolute Gasteiger partial charge is 0.497 e. The number of amides is 1. The second kappa shape index (κ2) is 11.7. The maximum Gasteiger partial charge on any atom is 0.264 e. The third-order valence-electron chi connectivity index (χ3n) is 6.18. The van der Waals surface area contributed by atoms with Crippen LogP contribution >= 0.6 is 11.3 Å². The minimum absolute atomic E-state index is 0.0237. The molecule has 0 aliphatic carbocycles. The Morgan fingerprint density at radius 2 is 1.55 bits per heavy atom. The molecule has 0 atom stereocenters. The molecule has 0 aliphatic rings. The van der Waals surface area contributed by atoms with Gasteiger partial charge < -0.3 is 4.74 Å². The Morgan fingerprint density at radius 1 is 0.875 bits per heavy atom. The average Bonchev–Trinajstić information content (AvgIpc) is 3.45. The number of sulfonamides is 1. The van der Waals surface area contributed by atoms with Crippen molar-refractivity contribution in [3.05, 3.63) is 120 Å². The molecule has 0 fully saturated rings. The Morgan fingerprint density at radius 3 is 2.25 bits per heavy atom. The summed E-state index contributed by atoms with van der Waals surface area (Å²) in [7, 11) is -2.55. The average molecular weight is 571 g/mol. The molecule has 0 aliphatic heterocycles. The first kappa shape index (κ1) is 27.0. The molecule has 0 saturated heterocycles. The summed E-state index contributed by atoms with van der Waals surface area (Å²) in [6.07, 6.45) is 0. The molecular weight excluding hydrogens is 544 g/mol. The van der Waals surface area contributed by atoms with E-state index in [-0.39, 0.29) is 22.7 Å². The summed E-state index contributed by atoms with van der Waals surface area (Å²) < 4.78 is 34.4. The van der Waals surface area contributed by atoms with Gasteiger partial charge in [0.25, 0.3) is 15.9 Å². The van der Waals surface area contributed by atoms with E-state index in [4.69, 9.17) is 4.74 Å². The van der Waals surface area contributed by atoms with Crippen molar-refractivity contribution in [2.75, 3.05) is 16.7 Å². The maximum atomic E-state index is 14.0. The fraction of sp³-hybridized carbons (Fsp3) is 0.100. The van der Waals surface area contributed by atoms with Gasteiger partial charge in [-0.1, -0.05) is 83.6 Å². The van der Waals surface area contributed by atoms with Gasteiger partial charge in [0.05, 0.1) is 29.8 Å². The lowest BCUT2D eigenvalue weighted by Gasteiger charge is -2.26. The summed E-state index contributed by atoms with van der Waals surface area (Å²) in [6, 6.07) is 29.8. The van der Waals surface area contributed by atoms with Gasteiger partial charge in [-0.15, -0.1) is 10.2 Å². The molecule has 5 rings (SSSR count). The van der Waals surface area contributed by atoms with Crippen molar-refractivity contribution in [1.29, 1.82) is 0 Å². The number of para-hydroxylation sites is 1. The SMILES string of the molecule is COc1ccc(S(=O)(=O)N(Cc2ccccc2)c2ccccc2C(=O)Nc2nnc(-c3ccc(C)cc3)s2)cc1. The molecule has 0 bridgehead atoms. The summed E-state index contributed by atoms with van der Waals surface area (Å²) in [6.45, 7) is 2.03. The van der Waals surface area contributed by atoms with Gasteiger partial charge in [0.2, 0.25) is 5.13 Å². The zero-order chi connectivity index (χ0) is 28.1. The summed E-state index contributed by atoms with van der Waals surface area (Å²) in [5, 5.41) is 12.1. The highest BCUT2D eigenvalue weighted by Crippen LogP contribution is 2.32. The van der Waals surface area contributed by atoms with E-state index in [9.17, 15) is 13.2 Å². The topological polar surface area (TPSA) is 101 Å². The number of methoxy groups -OCH3 is 1. The molecule has 1 amide bonds. The van der Waals surface area contributed by atoms with Crippen LogP contribution in [0.1, 0.15) is 21.5 Å². The number of aromatic nitrogens is 2. The van der Waals surface area contributed by atoms with Crippen LogP contribution in [0.3, 0.4) is 0 Å². The molecule has 10 heteroatoms. The quantitative estimate of drug-likeness (QED) is 0.227. The van der Waals surface area contributed by atoms with Crippen LogP contribution in [0.4, 0.5) is 10.8 Å². The Labute approximate surface area is 237 Å². The molecular formula is C30H26N4O4S2. The standard InChI is InChI=1S/C30H26N4O4S2/c1-21-12-14-23(15-13-21)29-32-33-30(39-29)31-28(35)26-10-6-7-11-27(26)34(20-22-8-4-3-5-9-22)40(36,37)25-18-16-24(38-2)17-19-25/h3-19H,20H2,1-2H3,(H,31,33,35). The number of anilines is 2. The normalized spacial score (nSPS) is 11.2. The molecule has 40 heavy (non-hydrogen) atoms. The van der Waals surface area contributed by atoms with Gasteiger partial charge in [0, 0.05) is 5.56 Å². The Hall–Kier alpha value is -4.54. The predicted octanol–water partition coefficient (Wildman–Crippen LogP) is 6.17. The monoisotopic (exact) mass is 570 g/mol. The zero-order valence-electron chi connectivity index (χ0n) is 21.8. The van der Waals surface area contributed by atoms with E-state index in [2.05, 4.69) is 15.5 Å². The first-order valence-electron chi connectivity index (χ1n) is 12.4. The molecule has 0 unspecified atom stereocenters. The van der Waals surface area contributed by atoms with Gasteiger partial charge >= 0.3 is 0 Å². The molecule has 202 valence electrons. The summed E-state index contributed by atoms with van der Waals surface area (Å²) in [5.41, 5.74) is 3.21. The van der Waals surface area contributed by atoms with Gasteiger partial charge in [0.1, 0.15) is 10.8 Å². The van der Waals surface area contributed by atoms with Crippen LogP contribution < -0.4 is 14.4 Å². The highest BCUT2D eigenvalue weighted by atomic mass is 32.2. The lowest BCUT2D eigenvalue weighted by Crippen LogP contribution is -2.32. The number of nitrogens with one attached hydrogen (secondary N) is 1. The minimum atomic E-state index is -4.07. The van der Waals surface area contributed by atoms with Gasteiger partial charge in [-0.25, -0.2) is 8.42 Å². The molecule has 0 radical (unpaired) electrons. The summed E-state index contributed by atoms with van der Waals surface area (Å²) in [4.78, 5) is 13.6. The van der Waals surface area contributed by atoms with Crippen LogP contribution in [0.25, 0.3) is 10.6 Å². The number of carbonyl (C=O) groups excluding carboxylic acids is 1. The van der Waals surface area contributed by atoms with E-state index < -0.39 is 15.9 Å².